The number of aromatic hydroxyl groups is 1. The molecule has 0 bridgehead atoms. The van der Waals surface area contributed by atoms with E-state index >= 15 is 0 Å². The number of anilines is 3. The maximum atomic E-state index is 12.4. The van der Waals surface area contributed by atoms with Crippen molar-refractivity contribution in [2.75, 3.05) is 23.0 Å². The van der Waals surface area contributed by atoms with Gasteiger partial charge in [-0.3, -0.25) is 9.78 Å². The van der Waals surface area contributed by atoms with Gasteiger partial charge in [0, 0.05) is 37.2 Å². The molecule has 11 nitrogen and oxygen atoms in total. The van der Waals surface area contributed by atoms with Crippen LogP contribution < -0.4 is 26.0 Å². The summed E-state index contributed by atoms with van der Waals surface area (Å²) in [4.78, 5) is 28.1. The molecule has 5 N–H and O–H groups in total. The van der Waals surface area contributed by atoms with Crippen LogP contribution in [0.3, 0.4) is 0 Å². The van der Waals surface area contributed by atoms with E-state index in [1.54, 1.807) is 42.5 Å². The van der Waals surface area contributed by atoms with Gasteiger partial charge < -0.3 is 31.1 Å². The fourth-order valence-electron chi connectivity index (χ4n) is 3.15. The summed E-state index contributed by atoms with van der Waals surface area (Å²) in [6, 6.07) is 18.6. The first-order chi connectivity index (χ1) is 17.9. The molecule has 2 aromatic heterocycles. The van der Waals surface area contributed by atoms with Crippen LogP contribution in [0, 0.1) is 11.3 Å². The molecule has 4 aromatic rings. The first kappa shape index (κ1) is 25.0. The zero-order valence-electron chi connectivity index (χ0n) is 19.5. The number of nitrogens with one attached hydrogen (secondary N) is 4. The van der Waals surface area contributed by atoms with Gasteiger partial charge in [-0.15, -0.1) is 0 Å². The molecular formula is C25H21N7O4S. The molecule has 186 valence electrons. The summed E-state index contributed by atoms with van der Waals surface area (Å²) >= 11 is 1.01. The Kier molecular flexibility index (Phi) is 7.77. The predicted octanol–water partition coefficient (Wildman–Crippen LogP) is 4.52. The van der Waals surface area contributed by atoms with E-state index in [1.807, 2.05) is 18.2 Å². The van der Waals surface area contributed by atoms with Gasteiger partial charge >= 0.3 is 6.03 Å². The molecule has 37 heavy (non-hydrogen) atoms. The fraction of sp³-hybridized carbons (Fsp3) is 0.0800. The molecule has 0 saturated carbocycles. The van der Waals surface area contributed by atoms with Gasteiger partial charge in [-0.1, -0.05) is 12.1 Å². The number of pyridine rings is 1. The molecule has 0 unspecified atom stereocenters. The highest BCUT2D eigenvalue weighted by Gasteiger charge is 2.12. The van der Waals surface area contributed by atoms with Crippen LogP contribution in [-0.4, -0.2) is 33.5 Å². The van der Waals surface area contributed by atoms with Crippen molar-refractivity contribution < 1.29 is 19.4 Å². The Morgan fingerprint density at radius 2 is 1.70 bits per heavy atom. The zero-order valence-corrected chi connectivity index (χ0v) is 20.3. The molecule has 0 aliphatic carbocycles. The third-order valence-electron chi connectivity index (χ3n) is 4.99. The number of nitrogens with zero attached hydrogens (tertiary/aromatic N) is 3. The summed E-state index contributed by atoms with van der Waals surface area (Å²) in [5, 5.41) is 30.2. The molecule has 0 atom stereocenters. The van der Waals surface area contributed by atoms with Crippen molar-refractivity contribution in [1.29, 1.82) is 5.26 Å². The van der Waals surface area contributed by atoms with Crippen LogP contribution >= 0.6 is 11.5 Å². The van der Waals surface area contributed by atoms with Crippen LogP contribution in [0.5, 0.6) is 17.4 Å². The molecule has 2 aromatic carbocycles. The number of carbonyl (C=O) groups excluding carboxylic acids is 2. The van der Waals surface area contributed by atoms with Crippen molar-refractivity contribution in [3.05, 3.63) is 83.7 Å². The monoisotopic (exact) mass is 515 g/mol. The Bertz CT molecular complexity index is 1450. The van der Waals surface area contributed by atoms with Gasteiger partial charge in [-0.25, -0.2) is 4.79 Å². The number of benzene rings is 2. The standard InChI is InChI=1S/C25H21N7O4S/c1-27-23(34)21-12-19(10-11-28-21)36-18-8-6-17(7-9-18)31-25(35)30-16-4-2-15(3-5-16)14-29-24-20(13-26)22(33)32-37-24/h2-12,29H,14H2,1H3,(H,27,34)(H,32,33)(H2,30,31,35). The Balaban J connectivity index is 1.28. The van der Waals surface area contributed by atoms with Crippen LogP contribution in [-0.2, 0) is 6.54 Å². The number of hydrogen-bond donors (Lipinski definition) is 5. The summed E-state index contributed by atoms with van der Waals surface area (Å²) in [7, 11) is 1.53. The van der Waals surface area contributed by atoms with E-state index in [-0.39, 0.29) is 23.0 Å². The summed E-state index contributed by atoms with van der Waals surface area (Å²) in [6.45, 7) is 0.420. The maximum absolute atomic E-state index is 12.4. The van der Waals surface area contributed by atoms with E-state index in [1.165, 1.54) is 19.3 Å². The molecule has 4 rings (SSSR count). The largest absolute Gasteiger partial charge is 0.492 e. The summed E-state index contributed by atoms with van der Waals surface area (Å²) in [6.07, 6.45) is 1.49. The van der Waals surface area contributed by atoms with Gasteiger partial charge in [0.25, 0.3) is 5.91 Å². The molecule has 0 fully saturated rings. The van der Waals surface area contributed by atoms with Crippen LogP contribution in [0.15, 0.2) is 66.9 Å². The van der Waals surface area contributed by atoms with Crippen molar-refractivity contribution in [1.82, 2.24) is 14.7 Å². The molecule has 0 saturated heterocycles. The van der Waals surface area contributed by atoms with Crippen molar-refractivity contribution >= 4 is 39.8 Å². The average molecular weight is 516 g/mol. The third kappa shape index (κ3) is 6.50. The smallest absolute Gasteiger partial charge is 0.323 e. The SMILES string of the molecule is CNC(=O)c1cc(Oc2ccc(NC(=O)Nc3ccc(CNc4snc(O)c4C#N)cc3)cc2)ccn1. The lowest BCUT2D eigenvalue weighted by Gasteiger charge is -2.10. The Morgan fingerprint density at radius 1 is 1.03 bits per heavy atom. The van der Waals surface area contributed by atoms with E-state index < -0.39 is 6.03 Å². The number of aromatic nitrogens is 2. The van der Waals surface area contributed by atoms with Gasteiger partial charge in [0.15, 0.2) is 0 Å². The number of amides is 3. The number of rotatable bonds is 8. The third-order valence-corrected chi connectivity index (χ3v) is 5.78. The van der Waals surface area contributed by atoms with E-state index in [0.717, 1.165) is 17.1 Å². The number of carbonyl (C=O) groups is 2. The zero-order chi connectivity index (χ0) is 26.2. The van der Waals surface area contributed by atoms with Gasteiger partial charge in [-0.05, 0) is 59.6 Å². The van der Waals surface area contributed by atoms with E-state index in [4.69, 9.17) is 10.00 Å². The molecule has 3 amide bonds. The Labute approximate surface area is 215 Å². The van der Waals surface area contributed by atoms with Crippen molar-refractivity contribution in [2.24, 2.45) is 0 Å². The lowest BCUT2D eigenvalue weighted by atomic mass is 10.2. The molecule has 0 aliphatic rings. The topological polar surface area (TPSA) is 161 Å². The fourth-order valence-corrected chi connectivity index (χ4v) is 3.79. The molecule has 12 heteroatoms. The highest BCUT2D eigenvalue weighted by molar-refractivity contribution is 7.10. The van der Waals surface area contributed by atoms with Crippen molar-refractivity contribution in [2.45, 2.75) is 6.54 Å². The molecule has 0 aliphatic heterocycles. The number of nitriles is 1. The number of ether oxygens (including phenoxy) is 1. The lowest BCUT2D eigenvalue weighted by Crippen LogP contribution is -2.19. The summed E-state index contributed by atoms with van der Waals surface area (Å²) in [5.41, 5.74) is 2.43. The first-order valence-corrected chi connectivity index (χ1v) is 11.7. The Hall–Kier alpha value is -5.15. The van der Waals surface area contributed by atoms with Crippen LogP contribution in [0.25, 0.3) is 0 Å². The predicted molar refractivity (Wildman–Crippen MR) is 139 cm³/mol. The quantitative estimate of drug-likeness (QED) is 0.229. The van der Waals surface area contributed by atoms with E-state index in [0.29, 0.717) is 34.4 Å². The lowest BCUT2D eigenvalue weighted by molar-refractivity contribution is 0.0957. The first-order valence-electron chi connectivity index (χ1n) is 10.9. The minimum Gasteiger partial charge on any atom is -0.492 e. The average Bonchev–Trinajstić information content (AvgIpc) is 3.28. The molecule has 0 spiro atoms. The minimum absolute atomic E-state index is 0.118. The van der Waals surface area contributed by atoms with E-state index in [2.05, 4.69) is 30.6 Å². The second-order valence-corrected chi connectivity index (χ2v) is 8.31. The van der Waals surface area contributed by atoms with Crippen molar-refractivity contribution in [3.8, 4) is 23.4 Å². The van der Waals surface area contributed by atoms with Gasteiger partial charge in [0.2, 0.25) is 5.88 Å². The van der Waals surface area contributed by atoms with Crippen LogP contribution in [0.2, 0.25) is 0 Å². The molecular weight excluding hydrogens is 494 g/mol. The molecule has 0 radical (unpaired) electrons. The summed E-state index contributed by atoms with van der Waals surface area (Å²) < 4.78 is 9.51. The van der Waals surface area contributed by atoms with Crippen LogP contribution in [0.1, 0.15) is 21.6 Å². The van der Waals surface area contributed by atoms with Crippen LogP contribution in [0.4, 0.5) is 21.2 Å². The second kappa shape index (κ2) is 11.5. The summed E-state index contributed by atoms with van der Waals surface area (Å²) in [5.74, 6) is 0.391. The van der Waals surface area contributed by atoms with Gasteiger partial charge in [0.1, 0.15) is 33.8 Å². The second-order valence-electron chi connectivity index (χ2n) is 7.53. The maximum Gasteiger partial charge on any atom is 0.323 e. The number of urea groups is 1. The molecule has 2 heterocycles. The van der Waals surface area contributed by atoms with Crippen molar-refractivity contribution in [3.63, 3.8) is 0 Å². The van der Waals surface area contributed by atoms with Gasteiger partial charge in [0.05, 0.1) is 0 Å². The highest BCUT2D eigenvalue weighted by Crippen LogP contribution is 2.29. The van der Waals surface area contributed by atoms with Gasteiger partial charge in [-0.2, -0.15) is 9.64 Å². The Morgan fingerprint density at radius 3 is 2.35 bits per heavy atom. The minimum atomic E-state index is -0.414. The normalized spacial score (nSPS) is 10.2. The number of hydrogen-bond acceptors (Lipinski definition) is 9. The van der Waals surface area contributed by atoms with E-state index in [9.17, 15) is 14.7 Å². The highest BCUT2D eigenvalue weighted by atomic mass is 32.1.